The van der Waals surface area contributed by atoms with Crippen molar-refractivity contribution in [3.63, 3.8) is 0 Å². The van der Waals surface area contributed by atoms with E-state index in [1.807, 2.05) is 0 Å². The zero-order valence-electron chi connectivity index (χ0n) is 14.3. The van der Waals surface area contributed by atoms with Crippen LogP contribution in [0.25, 0.3) is 0 Å². The molecule has 1 heterocycles. The van der Waals surface area contributed by atoms with Crippen molar-refractivity contribution in [2.24, 2.45) is 13.0 Å². The Labute approximate surface area is 146 Å². The maximum Gasteiger partial charge on any atom is 0.257 e. The Morgan fingerprint density at radius 2 is 2.17 bits per heavy atom. The van der Waals surface area contributed by atoms with Gasteiger partial charge < -0.3 is 14.8 Å². The van der Waals surface area contributed by atoms with Gasteiger partial charge in [0.25, 0.3) is 5.91 Å². The topological polar surface area (TPSA) is 65.4 Å². The molecule has 7 heteroatoms. The predicted octanol–water partition coefficient (Wildman–Crippen LogP) is 3.76. The lowest BCUT2D eigenvalue weighted by Gasteiger charge is -2.14. The molecule has 0 radical (unpaired) electrons. The monoisotopic (exact) mass is 351 g/mol. The molecule has 0 spiro atoms. The van der Waals surface area contributed by atoms with Gasteiger partial charge in [-0.3, -0.25) is 9.48 Å². The Hall–Kier alpha value is -2.21. The van der Waals surface area contributed by atoms with Gasteiger partial charge in [-0.15, -0.1) is 0 Å². The molecule has 0 aliphatic carbocycles. The third-order valence-corrected chi connectivity index (χ3v) is 3.67. The van der Waals surface area contributed by atoms with Crippen molar-refractivity contribution in [1.29, 1.82) is 0 Å². The highest BCUT2D eigenvalue weighted by atomic mass is 35.5. The van der Waals surface area contributed by atoms with Gasteiger partial charge in [0.2, 0.25) is 0 Å². The Morgan fingerprint density at radius 3 is 2.75 bits per heavy atom. The van der Waals surface area contributed by atoms with Crippen molar-refractivity contribution in [3.05, 3.63) is 35.0 Å². The van der Waals surface area contributed by atoms with Crippen molar-refractivity contribution < 1.29 is 14.3 Å². The summed E-state index contributed by atoms with van der Waals surface area (Å²) >= 11 is 6.28. The van der Waals surface area contributed by atoms with Gasteiger partial charge >= 0.3 is 0 Å². The van der Waals surface area contributed by atoms with Crippen LogP contribution in [0, 0.1) is 5.92 Å². The summed E-state index contributed by atoms with van der Waals surface area (Å²) < 4.78 is 12.6. The maximum absolute atomic E-state index is 12.3. The Morgan fingerprint density at radius 1 is 1.42 bits per heavy atom. The van der Waals surface area contributed by atoms with Gasteiger partial charge in [0.05, 0.1) is 18.7 Å². The first kappa shape index (κ1) is 18.1. The number of nitrogens with one attached hydrogen (secondary N) is 1. The number of halogens is 1. The molecule has 0 fully saturated rings. The predicted molar refractivity (Wildman–Crippen MR) is 94.1 cm³/mol. The number of nitrogens with zero attached hydrogens (tertiary/aromatic N) is 2. The van der Waals surface area contributed by atoms with Crippen LogP contribution in [-0.2, 0) is 7.05 Å². The average Bonchev–Trinajstić information content (AvgIpc) is 2.93. The zero-order chi connectivity index (χ0) is 17.7. The van der Waals surface area contributed by atoms with E-state index in [0.29, 0.717) is 40.4 Å². The van der Waals surface area contributed by atoms with Crippen LogP contribution < -0.4 is 14.8 Å². The number of methoxy groups -OCH3 is 1. The van der Waals surface area contributed by atoms with Gasteiger partial charge in [-0.05, 0) is 24.5 Å². The molecule has 0 unspecified atom stereocenters. The van der Waals surface area contributed by atoms with Crippen molar-refractivity contribution in [2.75, 3.05) is 19.0 Å². The molecule has 24 heavy (non-hydrogen) atoms. The van der Waals surface area contributed by atoms with E-state index in [2.05, 4.69) is 24.3 Å². The molecule has 2 rings (SSSR count). The summed E-state index contributed by atoms with van der Waals surface area (Å²) in [6, 6.07) is 4.88. The second-order valence-electron chi connectivity index (χ2n) is 5.85. The average molecular weight is 352 g/mol. The molecule has 1 aromatic heterocycles. The van der Waals surface area contributed by atoms with E-state index in [-0.39, 0.29) is 5.91 Å². The largest absolute Gasteiger partial charge is 0.493 e. The van der Waals surface area contributed by atoms with E-state index in [0.717, 1.165) is 6.42 Å². The lowest BCUT2D eigenvalue weighted by Crippen LogP contribution is -2.13. The van der Waals surface area contributed by atoms with Gasteiger partial charge in [-0.25, -0.2) is 0 Å². The molecule has 1 amide bonds. The lowest BCUT2D eigenvalue weighted by atomic mass is 10.1. The first-order chi connectivity index (χ1) is 11.4. The minimum Gasteiger partial charge on any atom is -0.493 e. The standard InChI is InChI=1S/C17H22ClN3O3/c1-11(2)6-8-24-16-13(18)9-12(10-14(16)23-4)17(22)19-15-5-7-21(3)20-15/h5,7,9-11H,6,8H2,1-4H3,(H,19,20,22). The number of amides is 1. The highest BCUT2D eigenvalue weighted by Crippen LogP contribution is 2.36. The maximum atomic E-state index is 12.3. The van der Waals surface area contributed by atoms with E-state index >= 15 is 0 Å². The first-order valence-corrected chi connectivity index (χ1v) is 8.09. The van der Waals surface area contributed by atoms with Crippen molar-refractivity contribution in [1.82, 2.24) is 9.78 Å². The number of carbonyl (C=O) groups is 1. The van der Waals surface area contributed by atoms with Crippen LogP contribution >= 0.6 is 11.6 Å². The molecule has 2 aromatic rings. The Bertz CT molecular complexity index is 713. The second-order valence-corrected chi connectivity index (χ2v) is 6.26. The number of benzene rings is 1. The molecule has 0 saturated carbocycles. The van der Waals surface area contributed by atoms with E-state index in [4.69, 9.17) is 21.1 Å². The summed E-state index contributed by atoms with van der Waals surface area (Å²) in [6.07, 6.45) is 2.65. The van der Waals surface area contributed by atoms with Gasteiger partial charge in [0, 0.05) is 24.9 Å². The van der Waals surface area contributed by atoms with E-state index < -0.39 is 0 Å². The van der Waals surface area contributed by atoms with E-state index in [1.54, 1.807) is 36.1 Å². The number of carbonyl (C=O) groups excluding carboxylic acids is 1. The summed E-state index contributed by atoms with van der Waals surface area (Å²) in [7, 11) is 3.29. The van der Waals surface area contributed by atoms with Gasteiger partial charge in [0.15, 0.2) is 17.3 Å². The molecule has 6 nitrogen and oxygen atoms in total. The molecule has 130 valence electrons. The van der Waals surface area contributed by atoms with Crippen LogP contribution in [0.3, 0.4) is 0 Å². The first-order valence-electron chi connectivity index (χ1n) is 7.72. The Kier molecular flexibility index (Phi) is 6.09. The minimum absolute atomic E-state index is 0.317. The molecular weight excluding hydrogens is 330 g/mol. The quantitative estimate of drug-likeness (QED) is 0.824. The SMILES string of the molecule is COc1cc(C(=O)Nc2ccn(C)n2)cc(Cl)c1OCCC(C)C. The number of aromatic nitrogens is 2. The number of ether oxygens (including phenoxy) is 2. The van der Waals surface area contributed by atoms with E-state index in [9.17, 15) is 4.79 Å². The Balaban J connectivity index is 2.16. The second kappa shape index (κ2) is 8.06. The summed E-state index contributed by atoms with van der Waals surface area (Å²) in [5.41, 5.74) is 0.374. The van der Waals surface area contributed by atoms with E-state index in [1.165, 1.54) is 7.11 Å². The molecular formula is C17H22ClN3O3. The van der Waals surface area contributed by atoms with Gasteiger partial charge in [-0.1, -0.05) is 25.4 Å². The fourth-order valence-corrected chi connectivity index (χ4v) is 2.32. The van der Waals surface area contributed by atoms with Crippen LogP contribution in [0.1, 0.15) is 30.6 Å². The molecule has 1 aromatic carbocycles. The minimum atomic E-state index is -0.317. The number of anilines is 1. The fraction of sp³-hybridized carbons (Fsp3) is 0.412. The molecule has 1 N–H and O–H groups in total. The zero-order valence-corrected chi connectivity index (χ0v) is 15.1. The van der Waals surface area contributed by atoms with Crippen molar-refractivity contribution >= 4 is 23.3 Å². The van der Waals surface area contributed by atoms with Gasteiger partial charge in [0.1, 0.15) is 0 Å². The molecule has 0 aliphatic heterocycles. The highest BCUT2D eigenvalue weighted by Gasteiger charge is 2.16. The molecule has 0 aliphatic rings. The summed E-state index contributed by atoms with van der Waals surface area (Å²) in [5, 5.41) is 7.16. The highest BCUT2D eigenvalue weighted by molar-refractivity contribution is 6.32. The van der Waals surface area contributed by atoms with Gasteiger partial charge in [-0.2, -0.15) is 5.10 Å². The fourth-order valence-electron chi connectivity index (χ4n) is 2.06. The van der Waals surface area contributed by atoms with Crippen LogP contribution in [-0.4, -0.2) is 29.4 Å². The van der Waals surface area contributed by atoms with Crippen LogP contribution in [0.15, 0.2) is 24.4 Å². The summed E-state index contributed by atoms with van der Waals surface area (Å²) in [6.45, 7) is 4.77. The van der Waals surface area contributed by atoms with Crippen molar-refractivity contribution in [3.8, 4) is 11.5 Å². The normalized spacial score (nSPS) is 10.8. The smallest absolute Gasteiger partial charge is 0.257 e. The van der Waals surface area contributed by atoms with Crippen LogP contribution in [0.5, 0.6) is 11.5 Å². The number of aryl methyl sites for hydroxylation is 1. The number of hydrogen-bond donors (Lipinski definition) is 1. The number of rotatable bonds is 7. The molecule has 0 bridgehead atoms. The molecule has 0 saturated heterocycles. The lowest BCUT2D eigenvalue weighted by molar-refractivity contribution is 0.102. The van der Waals surface area contributed by atoms with Crippen LogP contribution in [0.4, 0.5) is 5.82 Å². The third kappa shape index (κ3) is 4.64. The van der Waals surface area contributed by atoms with Crippen molar-refractivity contribution in [2.45, 2.75) is 20.3 Å². The molecule has 0 atom stereocenters. The summed E-state index contributed by atoms with van der Waals surface area (Å²) in [4.78, 5) is 12.3. The summed E-state index contributed by atoms with van der Waals surface area (Å²) in [5.74, 6) is 1.56. The van der Waals surface area contributed by atoms with Crippen LogP contribution in [0.2, 0.25) is 5.02 Å². The third-order valence-electron chi connectivity index (χ3n) is 3.39. The number of hydrogen-bond acceptors (Lipinski definition) is 4.